The van der Waals surface area contributed by atoms with Gasteiger partial charge in [0.25, 0.3) is 0 Å². The number of hydrogen-bond acceptors (Lipinski definition) is 3. The molecule has 17 heavy (non-hydrogen) atoms. The number of aromatic hydroxyl groups is 1. The fourth-order valence-electron chi connectivity index (χ4n) is 2.60. The molecule has 0 saturated heterocycles. The first kappa shape index (κ1) is 12.2. The molecule has 3 nitrogen and oxygen atoms in total. The van der Waals surface area contributed by atoms with Gasteiger partial charge in [0.15, 0.2) is 0 Å². The first-order chi connectivity index (χ1) is 7.82. The molecule has 2 rings (SSSR count). The maximum atomic E-state index is 10.3. The molecular weight excluding hydrogens is 214 g/mol. The fraction of sp³-hybridized carbons (Fsp3) is 0.571. The molecule has 1 aromatic rings. The van der Waals surface area contributed by atoms with E-state index in [9.17, 15) is 10.2 Å². The van der Waals surface area contributed by atoms with Crippen molar-refractivity contribution in [2.75, 3.05) is 11.4 Å². The van der Waals surface area contributed by atoms with Gasteiger partial charge in [-0.05, 0) is 39.8 Å². The lowest BCUT2D eigenvalue weighted by atomic mass is 9.86. The third kappa shape index (κ3) is 2.00. The summed E-state index contributed by atoms with van der Waals surface area (Å²) in [5.41, 5.74) is 1.11. The number of nitrogens with zero attached hydrogens (tertiary/aromatic N) is 1. The predicted octanol–water partition coefficient (Wildman–Crippen LogP) is 2.48. The molecule has 0 saturated carbocycles. The second-order valence-corrected chi connectivity index (χ2v) is 5.66. The molecule has 0 spiro atoms. The smallest absolute Gasteiger partial charge is 0.121 e. The van der Waals surface area contributed by atoms with E-state index in [2.05, 4.69) is 18.7 Å². The van der Waals surface area contributed by atoms with E-state index in [4.69, 9.17) is 0 Å². The lowest BCUT2D eigenvalue weighted by molar-refractivity contribution is 0.0538. The van der Waals surface area contributed by atoms with Gasteiger partial charge in [0, 0.05) is 29.8 Å². The maximum absolute atomic E-state index is 10.3. The summed E-state index contributed by atoms with van der Waals surface area (Å²) >= 11 is 0. The molecule has 2 N–H and O–H groups in total. The van der Waals surface area contributed by atoms with Gasteiger partial charge in [-0.15, -0.1) is 0 Å². The fourth-order valence-corrected chi connectivity index (χ4v) is 2.60. The highest BCUT2D eigenvalue weighted by Crippen LogP contribution is 2.46. The number of hydrogen-bond donors (Lipinski definition) is 2. The quantitative estimate of drug-likeness (QED) is 0.827. The zero-order valence-corrected chi connectivity index (χ0v) is 10.9. The highest BCUT2D eigenvalue weighted by molar-refractivity contribution is 5.66. The number of rotatable bonds is 2. The molecular formula is C14H21NO2. The van der Waals surface area contributed by atoms with Crippen LogP contribution in [-0.4, -0.2) is 28.4 Å². The Morgan fingerprint density at radius 2 is 2.00 bits per heavy atom. The van der Waals surface area contributed by atoms with Gasteiger partial charge in [0.05, 0.1) is 5.60 Å². The molecule has 1 aliphatic heterocycles. The lowest BCUT2D eigenvalue weighted by Crippen LogP contribution is -2.36. The van der Waals surface area contributed by atoms with Crippen molar-refractivity contribution in [1.82, 2.24) is 0 Å². The summed E-state index contributed by atoms with van der Waals surface area (Å²) in [6.45, 7) is 8.62. The Hall–Kier alpha value is -1.22. The van der Waals surface area contributed by atoms with Crippen molar-refractivity contribution in [3.63, 3.8) is 0 Å². The van der Waals surface area contributed by atoms with Gasteiger partial charge in [0.2, 0.25) is 0 Å². The molecule has 0 amide bonds. The molecule has 0 fully saturated rings. The zero-order chi connectivity index (χ0) is 12.8. The summed E-state index contributed by atoms with van der Waals surface area (Å²) in [6, 6.07) is 5.93. The second-order valence-electron chi connectivity index (χ2n) is 5.66. The van der Waals surface area contributed by atoms with Crippen LogP contribution in [0.15, 0.2) is 18.2 Å². The number of phenolic OH excluding ortho intramolecular Hbond substituents is 1. The van der Waals surface area contributed by atoms with Crippen LogP contribution in [0.1, 0.15) is 39.2 Å². The van der Waals surface area contributed by atoms with E-state index < -0.39 is 5.60 Å². The van der Waals surface area contributed by atoms with E-state index in [0.717, 1.165) is 17.8 Å². The number of fused-ring (bicyclic) bond motifs is 1. The predicted molar refractivity (Wildman–Crippen MR) is 69.6 cm³/mol. The van der Waals surface area contributed by atoms with Crippen molar-refractivity contribution in [1.29, 1.82) is 0 Å². The van der Waals surface area contributed by atoms with Crippen LogP contribution in [-0.2, 0) is 0 Å². The van der Waals surface area contributed by atoms with Crippen molar-refractivity contribution in [2.45, 2.75) is 45.3 Å². The highest BCUT2D eigenvalue weighted by atomic mass is 16.3. The molecule has 0 bridgehead atoms. The molecule has 1 aliphatic rings. The van der Waals surface area contributed by atoms with Gasteiger partial charge in [-0.25, -0.2) is 0 Å². The van der Waals surface area contributed by atoms with Crippen LogP contribution in [0.2, 0.25) is 0 Å². The van der Waals surface area contributed by atoms with Crippen molar-refractivity contribution < 1.29 is 10.2 Å². The average molecular weight is 235 g/mol. The van der Waals surface area contributed by atoms with Crippen LogP contribution in [0.4, 0.5) is 5.69 Å². The number of phenols is 1. The Balaban J connectivity index is 2.53. The van der Waals surface area contributed by atoms with E-state index >= 15 is 0 Å². The third-order valence-electron chi connectivity index (χ3n) is 3.57. The molecule has 1 atom stereocenters. The van der Waals surface area contributed by atoms with Crippen LogP contribution in [0.3, 0.4) is 0 Å². The first-order valence-corrected chi connectivity index (χ1v) is 6.13. The van der Waals surface area contributed by atoms with E-state index in [1.54, 1.807) is 19.9 Å². The largest absolute Gasteiger partial charge is 0.508 e. The molecule has 0 aliphatic carbocycles. The van der Waals surface area contributed by atoms with Gasteiger partial charge in [-0.1, -0.05) is 6.07 Å². The second kappa shape index (κ2) is 3.91. The Bertz CT molecular complexity index is 421. The van der Waals surface area contributed by atoms with Crippen LogP contribution < -0.4 is 4.90 Å². The third-order valence-corrected chi connectivity index (χ3v) is 3.57. The minimum atomic E-state index is -0.822. The lowest BCUT2D eigenvalue weighted by Gasteiger charge is -2.28. The highest BCUT2D eigenvalue weighted by Gasteiger charge is 2.40. The van der Waals surface area contributed by atoms with Gasteiger partial charge in [-0.3, -0.25) is 0 Å². The minimum absolute atomic E-state index is 0.0406. The zero-order valence-electron chi connectivity index (χ0n) is 10.9. The van der Waals surface area contributed by atoms with Gasteiger partial charge >= 0.3 is 0 Å². The van der Waals surface area contributed by atoms with Gasteiger partial charge < -0.3 is 15.1 Å². The SMILES string of the molecule is CC(C)N1CC(C(C)(C)O)c2c(O)cccc21. The van der Waals surface area contributed by atoms with E-state index in [1.807, 2.05) is 12.1 Å². The van der Waals surface area contributed by atoms with E-state index in [-0.39, 0.29) is 11.7 Å². The number of anilines is 1. The maximum Gasteiger partial charge on any atom is 0.121 e. The average Bonchev–Trinajstić information content (AvgIpc) is 2.57. The van der Waals surface area contributed by atoms with Gasteiger partial charge in [-0.2, -0.15) is 0 Å². The molecule has 94 valence electrons. The number of aliphatic hydroxyl groups is 1. The van der Waals surface area contributed by atoms with E-state index in [0.29, 0.717) is 6.04 Å². The van der Waals surface area contributed by atoms with Crippen LogP contribution >= 0.6 is 0 Å². The molecule has 1 aromatic carbocycles. The summed E-state index contributed by atoms with van der Waals surface area (Å²) in [6.07, 6.45) is 0. The van der Waals surface area contributed by atoms with E-state index in [1.165, 1.54) is 0 Å². The van der Waals surface area contributed by atoms with Crippen molar-refractivity contribution in [2.24, 2.45) is 0 Å². The summed E-state index contributed by atoms with van der Waals surface area (Å²) in [5, 5.41) is 20.3. The Morgan fingerprint density at radius 1 is 1.35 bits per heavy atom. The van der Waals surface area contributed by atoms with Crippen molar-refractivity contribution in [3.05, 3.63) is 23.8 Å². The molecule has 1 heterocycles. The van der Waals surface area contributed by atoms with Crippen LogP contribution in [0.25, 0.3) is 0 Å². The molecule has 0 aromatic heterocycles. The van der Waals surface area contributed by atoms with Crippen molar-refractivity contribution in [3.8, 4) is 5.75 Å². The topological polar surface area (TPSA) is 43.7 Å². The molecule has 3 heteroatoms. The van der Waals surface area contributed by atoms with Crippen LogP contribution in [0.5, 0.6) is 5.75 Å². The Labute approximate surface area is 103 Å². The monoisotopic (exact) mass is 235 g/mol. The summed E-state index contributed by atoms with van der Waals surface area (Å²) in [7, 11) is 0. The Morgan fingerprint density at radius 3 is 2.53 bits per heavy atom. The number of benzene rings is 1. The molecule has 0 radical (unpaired) electrons. The summed E-state index contributed by atoms with van der Waals surface area (Å²) < 4.78 is 0. The Kier molecular flexibility index (Phi) is 2.82. The van der Waals surface area contributed by atoms with Crippen LogP contribution in [0, 0.1) is 0 Å². The standard InChI is InChI=1S/C14H21NO2/c1-9(2)15-8-10(14(3,4)17)13-11(15)6-5-7-12(13)16/h5-7,9-10,16-17H,8H2,1-4H3. The minimum Gasteiger partial charge on any atom is -0.508 e. The normalized spacial score (nSPS) is 19.9. The summed E-state index contributed by atoms with van der Waals surface area (Å²) in [4.78, 5) is 2.23. The molecule has 1 unspecified atom stereocenters. The van der Waals surface area contributed by atoms with Crippen molar-refractivity contribution >= 4 is 5.69 Å². The van der Waals surface area contributed by atoms with Gasteiger partial charge in [0.1, 0.15) is 5.75 Å². The first-order valence-electron chi connectivity index (χ1n) is 6.13. The summed E-state index contributed by atoms with van der Waals surface area (Å²) in [5.74, 6) is 0.249.